The molecule has 7 heteroatoms. The number of aliphatic hydroxyl groups is 1. The van der Waals surface area contributed by atoms with E-state index in [9.17, 15) is 14.7 Å². The molecule has 3 rings (SSSR count). The minimum atomic E-state index is -0.783. The maximum absolute atomic E-state index is 12.2. The van der Waals surface area contributed by atoms with E-state index in [0.717, 1.165) is 30.8 Å². The molecule has 1 saturated carbocycles. The highest BCUT2D eigenvalue weighted by molar-refractivity contribution is 8.01. The highest BCUT2D eigenvalue weighted by Gasteiger charge is 2.33. The minimum absolute atomic E-state index is 0.0273. The van der Waals surface area contributed by atoms with Crippen molar-refractivity contribution in [3.8, 4) is 0 Å². The molecule has 1 aromatic heterocycles. The molecule has 1 aliphatic carbocycles. The van der Waals surface area contributed by atoms with Crippen LogP contribution in [-0.2, 0) is 16.0 Å². The molecule has 3 atom stereocenters. The third kappa shape index (κ3) is 7.15. The predicted molar refractivity (Wildman–Crippen MR) is 129 cm³/mol. The number of aliphatic carboxylic acids is 1. The monoisotopic (exact) mass is 464 g/mol. The Balaban J connectivity index is 1.41. The number of rotatable bonds is 12. The number of aliphatic hydroxyl groups excluding tert-OH is 1. The number of thiophene rings is 1. The number of fused-ring (bicyclic) bond motifs is 1. The lowest BCUT2D eigenvalue weighted by molar-refractivity contribution is -0.133. The molecule has 1 heterocycles. The Morgan fingerprint density at radius 1 is 1.30 bits per heavy atom. The number of hydrogen-bond donors (Lipinski definition) is 2. The summed E-state index contributed by atoms with van der Waals surface area (Å²) in [6, 6.07) is 10.5. The molecule has 0 bridgehead atoms. The second kappa shape index (κ2) is 11.9. The van der Waals surface area contributed by atoms with E-state index in [4.69, 9.17) is 5.11 Å². The molecule has 1 aromatic carbocycles. The molecule has 2 N–H and O–H groups in total. The van der Waals surface area contributed by atoms with Gasteiger partial charge in [0.1, 0.15) is 5.78 Å². The van der Waals surface area contributed by atoms with Crippen molar-refractivity contribution in [3.63, 3.8) is 0 Å². The highest BCUT2D eigenvalue weighted by atomic mass is 32.2. The maximum atomic E-state index is 12.2. The number of Topliss-reactive ketones (excluding diaryl/α,β-unsaturated/α-hetero) is 1. The first kappa shape index (κ1) is 23.4. The van der Waals surface area contributed by atoms with Crippen LogP contribution in [0.3, 0.4) is 0 Å². The fourth-order valence-electron chi connectivity index (χ4n) is 3.60. The Morgan fingerprint density at radius 3 is 2.93 bits per heavy atom. The number of ketones is 1. The van der Waals surface area contributed by atoms with E-state index < -0.39 is 12.1 Å². The van der Waals surface area contributed by atoms with Gasteiger partial charge in [0.15, 0.2) is 0 Å². The van der Waals surface area contributed by atoms with Crippen molar-refractivity contribution >= 4 is 56.7 Å². The number of carboxylic acid groups (broad SMARTS) is 1. The molecule has 0 amide bonds. The summed E-state index contributed by atoms with van der Waals surface area (Å²) >= 11 is 4.88. The topological polar surface area (TPSA) is 74.6 Å². The van der Waals surface area contributed by atoms with E-state index in [1.165, 1.54) is 26.7 Å². The fraction of sp³-hybridized carbons (Fsp3) is 0.478. The van der Waals surface area contributed by atoms with Gasteiger partial charge < -0.3 is 10.2 Å². The lowest BCUT2D eigenvalue weighted by atomic mass is 10.0. The molecule has 4 nitrogen and oxygen atoms in total. The molecule has 0 radical (unpaired) electrons. The maximum Gasteiger partial charge on any atom is 0.313 e. The molecule has 162 valence electrons. The molecule has 0 aliphatic heterocycles. The van der Waals surface area contributed by atoms with Crippen LogP contribution in [-0.4, -0.2) is 50.6 Å². The standard InChI is InChI=1S/C23H28O4S3/c24-18(9-10-19-14-17-4-1-2-5-21(17)30-19)8-6-16-7-11-20(25)23(16)29-13-3-12-28-15-22(26)27/h1-2,4-6,8,14,16,18,23-24H,3,7,9-13,15H2,(H,26,27)/t16-,18?,23-/m1/s1. The van der Waals surface area contributed by atoms with Crippen molar-refractivity contribution in [3.05, 3.63) is 47.4 Å². The lowest BCUT2D eigenvalue weighted by Gasteiger charge is -2.15. The second-order valence-corrected chi connectivity index (χ2v) is 11.0. The van der Waals surface area contributed by atoms with Gasteiger partial charge in [-0.15, -0.1) is 23.1 Å². The summed E-state index contributed by atoms with van der Waals surface area (Å²) in [5.74, 6) is 1.51. The Labute approximate surface area is 190 Å². The van der Waals surface area contributed by atoms with Crippen molar-refractivity contribution in [2.24, 2.45) is 5.92 Å². The van der Waals surface area contributed by atoms with Crippen LogP contribution in [0, 0.1) is 5.92 Å². The minimum Gasteiger partial charge on any atom is -0.481 e. The third-order valence-electron chi connectivity index (χ3n) is 5.13. The van der Waals surface area contributed by atoms with Gasteiger partial charge in [-0.05, 0) is 60.6 Å². The number of allylic oxidation sites excluding steroid dienone is 1. The van der Waals surface area contributed by atoms with E-state index in [1.54, 1.807) is 23.1 Å². The van der Waals surface area contributed by atoms with Crippen molar-refractivity contribution in [1.29, 1.82) is 0 Å². The number of hydrogen-bond acceptors (Lipinski definition) is 6. The summed E-state index contributed by atoms with van der Waals surface area (Å²) in [4.78, 5) is 24.0. The van der Waals surface area contributed by atoms with Crippen LogP contribution in [0.15, 0.2) is 42.5 Å². The molecule has 1 unspecified atom stereocenters. The summed E-state index contributed by atoms with van der Waals surface area (Å²) in [5.41, 5.74) is 0. The van der Waals surface area contributed by atoms with Crippen molar-refractivity contribution in [2.75, 3.05) is 17.3 Å². The first-order valence-electron chi connectivity index (χ1n) is 10.3. The average Bonchev–Trinajstić information content (AvgIpc) is 3.30. The molecule has 30 heavy (non-hydrogen) atoms. The Bertz CT molecular complexity index is 843. The van der Waals surface area contributed by atoms with Gasteiger partial charge in [-0.1, -0.05) is 30.4 Å². The zero-order valence-electron chi connectivity index (χ0n) is 16.9. The van der Waals surface area contributed by atoms with Crippen LogP contribution in [0.1, 0.15) is 30.6 Å². The van der Waals surface area contributed by atoms with E-state index in [1.807, 2.05) is 24.3 Å². The van der Waals surface area contributed by atoms with Crippen LogP contribution in [0.4, 0.5) is 0 Å². The molecule has 2 aromatic rings. The number of carboxylic acids is 1. The summed E-state index contributed by atoms with van der Waals surface area (Å²) in [7, 11) is 0. The zero-order valence-corrected chi connectivity index (χ0v) is 19.3. The Hall–Kier alpha value is -1.28. The van der Waals surface area contributed by atoms with Gasteiger partial charge in [0.05, 0.1) is 17.1 Å². The summed E-state index contributed by atoms with van der Waals surface area (Å²) in [6.07, 6.45) is 7.31. The van der Waals surface area contributed by atoms with Gasteiger partial charge >= 0.3 is 5.97 Å². The van der Waals surface area contributed by atoms with Crippen molar-refractivity contribution < 1.29 is 19.8 Å². The molecule has 1 fully saturated rings. The summed E-state index contributed by atoms with van der Waals surface area (Å²) < 4.78 is 1.28. The van der Waals surface area contributed by atoms with Crippen LogP contribution < -0.4 is 0 Å². The summed E-state index contributed by atoms with van der Waals surface area (Å²) in [6.45, 7) is 0. The largest absolute Gasteiger partial charge is 0.481 e. The van der Waals surface area contributed by atoms with E-state index in [0.29, 0.717) is 18.6 Å². The van der Waals surface area contributed by atoms with Gasteiger partial charge in [-0.25, -0.2) is 0 Å². The normalized spacial score (nSPS) is 20.4. The number of carbonyl (C=O) groups excluding carboxylic acids is 1. The zero-order chi connectivity index (χ0) is 21.3. The van der Waals surface area contributed by atoms with E-state index in [2.05, 4.69) is 18.2 Å². The van der Waals surface area contributed by atoms with Gasteiger partial charge in [0.2, 0.25) is 0 Å². The number of carbonyl (C=O) groups is 2. The second-order valence-electron chi connectivity index (χ2n) is 7.50. The Morgan fingerprint density at radius 2 is 2.13 bits per heavy atom. The van der Waals surface area contributed by atoms with Gasteiger partial charge in [0, 0.05) is 16.0 Å². The Kier molecular flexibility index (Phi) is 9.30. The molecular weight excluding hydrogens is 436 g/mol. The van der Waals surface area contributed by atoms with Gasteiger partial charge in [-0.3, -0.25) is 9.59 Å². The van der Waals surface area contributed by atoms with Crippen LogP contribution in [0.25, 0.3) is 10.1 Å². The van der Waals surface area contributed by atoms with Gasteiger partial charge in [-0.2, -0.15) is 11.8 Å². The molecule has 1 aliphatic rings. The first-order chi connectivity index (χ1) is 14.5. The number of benzene rings is 1. The quantitative estimate of drug-likeness (QED) is 0.339. The van der Waals surface area contributed by atoms with Gasteiger partial charge in [0.25, 0.3) is 0 Å². The predicted octanol–water partition coefficient (Wildman–Crippen LogP) is 5.04. The molecular formula is C23H28O4S3. The van der Waals surface area contributed by atoms with Crippen LogP contribution in [0.5, 0.6) is 0 Å². The average molecular weight is 465 g/mol. The fourth-order valence-corrected chi connectivity index (χ4v) is 6.88. The smallest absolute Gasteiger partial charge is 0.313 e. The number of aryl methyl sites for hydroxylation is 1. The van der Waals surface area contributed by atoms with E-state index in [-0.39, 0.29) is 16.9 Å². The third-order valence-corrected chi connectivity index (χ3v) is 8.83. The highest BCUT2D eigenvalue weighted by Crippen LogP contribution is 2.34. The summed E-state index contributed by atoms with van der Waals surface area (Å²) in [5, 5.41) is 20.3. The van der Waals surface area contributed by atoms with E-state index >= 15 is 0 Å². The molecule has 0 spiro atoms. The van der Waals surface area contributed by atoms with Crippen molar-refractivity contribution in [2.45, 2.75) is 43.5 Å². The lowest BCUT2D eigenvalue weighted by Crippen LogP contribution is -2.17. The first-order valence-corrected chi connectivity index (χ1v) is 13.3. The number of thioether (sulfide) groups is 2. The van der Waals surface area contributed by atoms with Crippen LogP contribution >= 0.6 is 34.9 Å². The SMILES string of the molecule is O=C(O)CSCCCS[C@H]1C(=O)CC[C@H]1C=CC(O)CCc1cc2ccccc2s1. The molecule has 0 saturated heterocycles. The van der Waals surface area contributed by atoms with Crippen LogP contribution in [0.2, 0.25) is 0 Å². The van der Waals surface area contributed by atoms with Crippen molar-refractivity contribution in [1.82, 2.24) is 0 Å².